The van der Waals surface area contributed by atoms with E-state index in [4.69, 9.17) is 9.40 Å². The molecule has 5 aromatic rings. The van der Waals surface area contributed by atoms with E-state index in [1.54, 1.807) is 0 Å². The first kappa shape index (κ1) is 36.6. The first-order chi connectivity index (χ1) is 23.4. The maximum Gasteiger partial charge on any atom is 0.227 e. The zero-order valence-corrected chi connectivity index (χ0v) is 31.5. The maximum absolute atomic E-state index is 9.81. The maximum atomic E-state index is 9.81. The van der Waals surface area contributed by atoms with Crippen molar-refractivity contribution in [3.8, 4) is 33.7 Å². The first-order valence-corrected chi connectivity index (χ1v) is 18.8. The van der Waals surface area contributed by atoms with Crippen molar-refractivity contribution in [1.82, 2.24) is 4.98 Å². The van der Waals surface area contributed by atoms with Gasteiger partial charge in [0, 0.05) is 11.1 Å². The third-order valence-corrected chi connectivity index (χ3v) is 9.88. The molecular formula is C46H59NO2. The quantitative estimate of drug-likeness (QED) is 0.121. The summed E-state index contributed by atoms with van der Waals surface area (Å²) in [5, 5.41) is 9.81. The molecule has 0 amide bonds. The summed E-state index contributed by atoms with van der Waals surface area (Å²) in [6.07, 6.45) is 12.2. The highest BCUT2D eigenvalue weighted by Crippen LogP contribution is 2.43. The molecule has 0 aliphatic heterocycles. The Bertz CT molecular complexity index is 1780. The third kappa shape index (κ3) is 9.11. The van der Waals surface area contributed by atoms with Crippen LogP contribution >= 0.6 is 0 Å². The van der Waals surface area contributed by atoms with E-state index < -0.39 is 0 Å². The van der Waals surface area contributed by atoms with Crippen molar-refractivity contribution in [2.75, 3.05) is 0 Å². The zero-order valence-electron chi connectivity index (χ0n) is 31.5. The van der Waals surface area contributed by atoms with Crippen molar-refractivity contribution < 1.29 is 9.52 Å². The number of benzene rings is 4. The van der Waals surface area contributed by atoms with Crippen molar-refractivity contribution >= 4 is 11.1 Å². The van der Waals surface area contributed by atoms with Gasteiger partial charge in [-0.2, -0.15) is 0 Å². The van der Waals surface area contributed by atoms with E-state index in [1.807, 2.05) is 18.2 Å². The van der Waals surface area contributed by atoms with E-state index in [-0.39, 0.29) is 17.4 Å². The number of aryl methyl sites for hydroxylation is 2. The molecule has 5 rings (SSSR count). The van der Waals surface area contributed by atoms with Gasteiger partial charge in [-0.25, -0.2) is 4.98 Å². The van der Waals surface area contributed by atoms with Crippen LogP contribution in [0, 0.1) is 0 Å². The van der Waals surface area contributed by atoms with E-state index in [0.29, 0.717) is 5.89 Å². The summed E-state index contributed by atoms with van der Waals surface area (Å²) in [7, 11) is 0. The zero-order chi connectivity index (χ0) is 35.2. The van der Waals surface area contributed by atoms with Gasteiger partial charge in [0.25, 0.3) is 0 Å². The molecule has 0 atom stereocenters. The van der Waals surface area contributed by atoms with Crippen molar-refractivity contribution in [1.29, 1.82) is 0 Å². The predicted octanol–water partition coefficient (Wildman–Crippen LogP) is 13.2. The standard InChI is InChI=1S/C46H59NO2/c1-9-11-13-15-18-32-24-33(19-16-14-12-10-2)26-36(25-32)43-39(35-28-37(45(3,4)5)30-38(29-35)46(6,7)8)20-17-21-40(43)44-47-41-27-34(31-48)22-23-42(41)49-44/h17,20-30,48H,9-16,18-19,31H2,1-8H3. The summed E-state index contributed by atoms with van der Waals surface area (Å²) in [4.78, 5) is 5.03. The van der Waals surface area contributed by atoms with Gasteiger partial charge in [0.2, 0.25) is 5.89 Å². The van der Waals surface area contributed by atoms with Crippen molar-refractivity contribution in [3.63, 3.8) is 0 Å². The minimum Gasteiger partial charge on any atom is -0.436 e. The second-order valence-electron chi connectivity index (χ2n) is 16.2. The molecule has 0 unspecified atom stereocenters. The van der Waals surface area contributed by atoms with Crippen molar-refractivity contribution in [2.24, 2.45) is 0 Å². The van der Waals surface area contributed by atoms with Crippen LogP contribution in [0.15, 0.2) is 77.2 Å². The lowest BCUT2D eigenvalue weighted by Crippen LogP contribution is -2.16. The molecule has 1 N–H and O–H groups in total. The molecule has 49 heavy (non-hydrogen) atoms. The number of unbranched alkanes of at least 4 members (excludes halogenated alkanes) is 6. The molecule has 3 heteroatoms. The van der Waals surface area contributed by atoms with E-state index in [9.17, 15) is 5.11 Å². The Morgan fingerprint density at radius 1 is 0.592 bits per heavy atom. The Kier molecular flexibility index (Phi) is 11.9. The smallest absolute Gasteiger partial charge is 0.227 e. The highest BCUT2D eigenvalue weighted by Gasteiger charge is 2.24. The van der Waals surface area contributed by atoms with E-state index in [1.165, 1.54) is 95.9 Å². The molecule has 1 heterocycles. The van der Waals surface area contributed by atoms with E-state index >= 15 is 0 Å². The predicted molar refractivity (Wildman–Crippen MR) is 209 cm³/mol. The Morgan fingerprint density at radius 3 is 1.73 bits per heavy atom. The summed E-state index contributed by atoms with van der Waals surface area (Å²) in [6.45, 7) is 18.4. The fourth-order valence-electron chi connectivity index (χ4n) is 6.83. The molecule has 0 spiro atoms. The van der Waals surface area contributed by atoms with Crippen LogP contribution in [0.1, 0.15) is 135 Å². The Labute approximate surface area is 296 Å². The number of aromatic nitrogens is 1. The van der Waals surface area contributed by atoms with Crippen LogP contribution < -0.4 is 0 Å². The molecular weight excluding hydrogens is 599 g/mol. The van der Waals surface area contributed by atoms with E-state index in [0.717, 1.165) is 35.1 Å². The lowest BCUT2D eigenvalue weighted by molar-refractivity contribution is 0.282. The van der Waals surface area contributed by atoms with Crippen LogP contribution in [0.25, 0.3) is 44.8 Å². The summed E-state index contributed by atoms with van der Waals surface area (Å²) in [5.74, 6) is 0.614. The summed E-state index contributed by atoms with van der Waals surface area (Å²) in [6, 6.07) is 26.9. The van der Waals surface area contributed by atoms with Crippen LogP contribution in [-0.4, -0.2) is 10.1 Å². The molecule has 0 aliphatic rings. The lowest BCUT2D eigenvalue weighted by Gasteiger charge is -2.27. The normalized spacial score (nSPS) is 12.3. The molecule has 1 aromatic heterocycles. The van der Waals surface area contributed by atoms with Gasteiger partial charge < -0.3 is 9.52 Å². The number of aliphatic hydroxyl groups excluding tert-OH is 1. The highest BCUT2D eigenvalue weighted by molar-refractivity contribution is 5.94. The first-order valence-electron chi connectivity index (χ1n) is 18.8. The third-order valence-electron chi connectivity index (χ3n) is 9.88. The summed E-state index contributed by atoms with van der Waals surface area (Å²) in [5.41, 5.74) is 13.7. The number of hydrogen-bond acceptors (Lipinski definition) is 3. The van der Waals surface area contributed by atoms with Crippen LogP contribution in [0.3, 0.4) is 0 Å². The summed E-state index contributed by atoms with van der Waals surface area (Å²) < 4.78 is 6.51. The molecule has 3 nitrogen and oxygen atoms in total. The Morgan fingerprint density at radius 2 is 1.18 bits per heavy atom. The van der Waals surface area contributed by atoms with Gasteiger partial charge in [0.15, 0.2) is 5.58 Å². The number of nitrogens with zero attached hydrogens (tertiary/aromatic N) is 1. The van der Waals surface area contributed by atoms with Crippen LogP contribution in [0.5, 0.6) is 0 Å². The average Bonchev–Trinajstić information content (AvgIpc) is 3.51. The van der Waals surface area contributed by atoms with Gasteiger partial charge in [0.05, 0.1) is 6.61 Å². The number of hydrogen-bond donors (Lipinski definition) is 1. The minimum absolute atomic E-state index is 0.00253. The molecule has 0 fully saturated rings. The molecule has 0 saturated carbocycles. The van der Waals surface area contributed by atoms with Gasteiger partial charge in [0.1, 0.15) is 5.52 Å². The van der Waals surface area contributed by atoms with Gasteiger partial charge in [-0.1, -0.05) is 149 Å². The van der Waals surface area contributed by atoms with Crippen molar-refractivity contribution in [2.45, 2.75) is 137 Å². The molecule has 0 bridgehead atoms. The van der Waals surface area contributed by atoms with Gasteiger partial charge in [-0.15, -0.1) is 0 Å². The number of oxazole rings is 1. The van der Waals surface area contributed by atoms with Gasteiger partial charge in [-0.3, -0.25) is 0 Å². The average molecular weight is 658 g/mol. The molecule has 0 radical (unpaired) electrons. The van der Waals surface area contributed by atoms with Gasteiger partial charge in [-0.05, 0) is 99.2 Å². The van der Waals surface area contributed by atoms with Crippen LogP contribution in [0.4, 0.5) is 0 Å². The molecule has 0 saturated heterocycles. The Hall–Kier alpha value is -3.69. The van der Waals surface area contributed by atoms with E-state index in [2.05, 4.69) is 110 Å². The summed E-state index contributed by atoms with van der Waals surface area (Å²) >= 11 is 0. The SMILES string of the molecule is CCCCCCc1cc(CCCCCC)cc(-c2c(-c3cc(C(C)(C)C)cc(C(C)(C)C)c3)cccc2-c2nc3cc(CO)ccc3o2)c1. The lowest BCUT2D eigenvalue weighted by atomic mass is 9.78. The van der Waals surface area contributed by atoms with Crippen molar-refractivity contribution in [3.05, 3.63) is 101 Å². The molecule has 260 valence electrons. The molecule has 0 aliphatic carbocycles. The second-order valence-corrected chi connectivity index (χ2v) is 16.2. The fourth-order valence-corrected chi connectivity index (χ4v) is 6.83. The highest BCUT2D eigenvalue weighted by atomic mass is 16.3. The second kappa shape index (κ2) is 15.9. The Balaban J connectivity index is 1.77. The topological polar surface area (TPSA) is 46.3 Å². The van der Waals surface area contributed by atoms with Gasteiger partial charge >= 0.3 is 0 Å². The number of rotatable bonds is 14. The fraction of sp³-hybridized carbons (Fsp3) is 0.457. The van der Waals surface area contributed by atoms with Crippen LogP contribution in [-0.2, 0) is 30.3 Å². The number of aliphatic hydroxyl groups is 1. The monoisotopic (exact) mass is 657 g/mol. The minimum atomic E-state index is -0.0226. The largest absolute Gasteiger partial charge is 0.436 e. The van der Waals surface area contributed by atoms with Crippen LogP contribution in [0.2, 0.25) is 0 Å². The number of fused-ring (bicyclic) bond motifs is 1. The molecule has 4 aromatic carbocycles.